The second-order valence-electron chi connectivity index (χ2n) is 3.80. The van der Waals surface area contributed by atoms with Crippen molar-refractivity contribution in [3.05, 3.63) is 46.9 Å². The first-order valence-electron chi connectivity index (χ1n) is 5.76. The van der Waals surface area contributed by atoms with Crippen LogP contribution >= 0.6 is 11.3 Å². The van der Waals surface area contributed by atoms with Gasteiger partial charge >= 0.3 is 0 Å². The van der Waals surface area contributed by atoms with Crippen LogP contribution < -0.4 is 10.6 Å². The highest BCUT2D eigenvalue weighted by Gasteiger charge is 2.06. The SMILES string of the molecule is O=C(CCNC(=O)c1ccsc1)Nc1ccncc1. The van der Waals surface area contributed by atoms with Crippen molar-refractivity contribution >= 4 is 28.8 Å². The Labute approximate surface area is 114 Å². The molecule has 0 aliphatic carbocycles. The topological polar surface area (TPSA) is 71.1 Å². The molecule has 0 atom stereocenters. The molecule has 2 N–H and O–H groups in total. The van der Waals surface area contributed by atoms with Crippen molar-refractivity contribution in [3.8, 4) is 0 Å². The Morgan fingerprint density at radius 3 is 2.68 bits per heavy atom. The van der Waals surface area contributed by atoms with Crippen LogP contribution in [0.5, 0.6) is 0 Å². The van der Waals surface area contributed by atoms with E-state index in [1.165, 1.54) is 11.3 Å². The van der Waals surface area contributed by atoms with Crippen molar-refractivity contribution in [3.63, 3.8) is 0 Å². The molecule has 0 aliphatic rings. The zero-order valence-corrected chi connectivity index (χ0v) is 10.9. The van der Waals surface area contributed by atoms with Crippen LogP contribution in [0.4, 0.5) is 5.69 Å². The highest BCUT2D eigenvalue weighted by Crippen LogP contribution is 2.05. The van der Waals surface area contributed by atoms with E-state index in [4.69, 9.17) is 0 Å². The van der Waals surface area contributed by atoms with Gasteiger partial charge in [-0.15, -0.1) is 0 Å². The first-order chi connectivity index (χ1) is 9.25. The zero-order valence-electron chi connectivity index (χ0n) is 10.1. The molecular formula is C13H13N3O2S. The first-order valence-corrected chi connectivity index (χ1v) is 6.70. The molecule has 0 spiro atoms. The molecule has 0 radical (unpaired) electrons. The lowest BCUT2D eigenvalue weighted by molar-refractivity contribution is -0.116. The highest BCUT2D eigenvalue weighted by molar-refractivity contribution is 7.08. The van der Waals surface area contributed by atoms with Gasteiger partial charge in [0.1, 0.15) is 0 Å². The number of carbonyl (C=O) groups excluding carboxylic acids is 2. The number of amides is 2. The van der Waals surface area contributed by atoms with Crippen molar-refractivity contribution in [2.24, 2.45) is 0 Å². The van der Waals surface area contributed by atoms with Crippen LogP contribution in [0.3, 0.4) is 0 Å². The summed E-state index contributed by atoms with van der Waals surface area (Å²) < 4.78 is 0. The predicted octanol–water partition coefficient (Wildman–Crippen LogP) is 1.90. The standard InChI is InChI=1S/C13H13N3O2S/c17-12(16-11-1-5-14-6-2-11)3-7-15-13(18)10-4-8-19-9-10/h1-2,4-6,8-9H,3,7H2,(H,15,18)(H,14,16,17). The van der Waals surface area contributed by atoms with Crippen LogP contribution in [0.1, 0.15) is 16.8 Å². The van der Waals surface area contributed by atoms with Crippen LogP contribution in [0.15, 0.2) is 41.4 Å². The summed E-state index contributed by atoms with van der Waals surface area (Å²) in [4.78, 5) is 27.1. The van der Waals surface area contributed by atoms with Crippen LogP contribution in [0.25, 0.3) is 0 Å². The molecule has 2 aromatic rings. The summed E-state index contributed by atoms with van der Waals surface area (Å²) in [6, 6.07) is 5.17. The van der Waals surface area contributed by atoms with Gasteiger partial charge in [0.25, 0.3) is 5.91 Å². The average molecular weight is 275 g/mol. The number of hydrogen-bond donors (Lipinski definition) is 2. The van der Waals surface area contributed by atoms with E-state index >= 15 is 0 Å². The summed E-state index contributed by atoms with van der Waals surface area (Å²) in [6.45, 7) is 0.311. The maximum atomic E-state index is 11.6. The molecule has 0 fully saturated rings. The van der Waals surface area contributed by atoms with Gasteiger partial charge in [0.05, 0.1) is 0 Å². The molecular weight excluding hydrogens is 262 g/mol. The minimum atomic E-state index is -0.155. The van der Waals surface area contributed by atoms with Crippen LogP contribution in [0, 0.1) is 0 Å². The lowest BCUT2D eigenvalue weighted by atomic mass is 10.3. The average Bonchev–Trinajstić information content (AvgIpc) is 2.93. The number of hydrogen-bond acceptors (Lipinski definition) is 4. The lowest BCUT2D eigenvalue weighted by Crippen LogP contribution is -2.27. The summed E-state index contributed by atoms with van der Waals surface area (Å²) in [5.41, 5.74) is 1.32. The Morgan fingerprint density at radius 2 is 2.00 bits per heavy atom. The number of anilines is 1. The molecule has 0 bridgehead atoms. The van der Waals surface area contributed by atoms with E-state index in [1.54, 1.807) is 36.0 Å². The van der Waals surface area contributed by atoms with E-state index in [1.807, 2.05) is 5.38 Å². The fourth-order valence-electron chi connectivity index (χ4n) is 1.44. The van der Waals surface area contributed by atoms with Gasteiger partial charge < -0.3 is 10.6 Å². The van der Waals surface area contributed by atoms with Crippen molar-refractivity contribution in [2.75, 3.05) is 11.9 Å². The Balaban J connectivity index is 1.71. The van der Waals surface area contributed by atoms with Gasteiger partial charge in [-0.1, -0.05) is 0 Å². The smallest absolute Gasteiger partial charge is 0.252 e. The van der Waals surface area contributed by atoms with Crippen LogP contribution in [0.2, 0.25) is 0 Å². The maximum absolute atomic E-state index is 11.6. The normalized spacial score (nSPS) is 9.89. The molecule has 0 aromatic carbocycles. The number of carbonyl (C=O) groups is 2. The Morgan fingerprint density at radius 1 is 1.21 bits per heavy atom. The molecule has 0 aliphatic heterocycles. The third-order valence-electron chi connectivity index (χ3n) is 2.39. The molecule has 19 heavy (non-hydrogen) atoms. The minimum Gasteiger partial charge on any atom is -0.351 e. The van der Waals surface area contributed by atoms with E-state index in [9.17, 15) is 9.59 Å². The van der Waals surface area contributed by atoms with Gasteiger partial charge in [-0.25, -0.2) is 0 Å². The second-order valence-corrected chi connectivity index (χ2v) is 4.58. The molecule has 2 heterocycles. The molecule has 2 aromatic heterocycles. The molecule has 0 unspecified atom stereocenters. The van der Waals surface area contributed by atoms with E-state index in [-0.39, 0.29) is 18.2 Å². The fourth-order valence-corrected chi connectivity index (χ4v) is 2.08. The molecule has 0 saturated carbocycles. The third kappa shape index (κ3) is 4.18. The van der Waals surface area contributed by atoms with Gasteiger partial charge in [-0.3, -0.25) is 14.6 Å². The van der Waals surface area contributed by atoms with Crippen molar-refractivity contribution < 1.29 is 9.59 Å². The largest absolute Gasteiger partial charge is 0.351 e. The molecule has 98 valence electrons. The van der Waals surface area contributed by atoms with E-state index < -0.39 is 0 Å². The minimum absolute atomic E-state index is 0.142. The fraction of sp³-hybridized carbons (Fsp3) is 0.154. The maximum Gasteiger partial charge on any atom is 0.252 e. The van der Waals surface area contributed by atoms with Crippen molar-refractivity contribution in [2.45, 2.75) is 6.42 Å². The summed E-state index contributed by atoms with van der Waals surface area (Å²) in [5.74, 6) is -0.297. The first kappa shape index (κ1) is 13.2. The molecule has 2 rings (SSSR count). The summed E-state index contributed by atoms with van der Waals surface area (Å²) >= 11 is 1.46. The van der Waals surface area contributed by atoms with Gasteiger partial charge in [0.15, 0.2) is 0 Å². The molecule has 6 heteroatoms. The number of nitrogens with zero attached hydrogens (tertiary/aromatic N) is 1. The third-order valence-corrected chi connectivity index (χ3v) is 3.07. The number of aromatic nitrogens is 1. The molecule has 5 nitrogen and oxygen atoms in total. The van der Waals surface area contributed by atoms with E-state index in [0.717, 1.165) is 0 Å². The summed E-state index contributed by atoms with van der Waals surface area (Å²) in [5, 5.41) is 9.03. The second kappa shape index (κ2) is 6.65. The van der Waals surface area contributed by atoms with Crippen molar-refractivity contribution in [1.29, 1.82) is 0 Å². The Hall–Kier alpha value is -2.21. The Kier molecular flexibility index (Phi) is 4.63. The predicted molar refractivity (Wildman–Crippen MR) is 74.1 cm³/mol. The van der Waals surface area contributed by atoms with Gasteiger partial charge in [-0.05, 0) is 23.6 Å². The number of pyridine rings is 1. The zero-order chi connectivity index (χ0) is 13.5. The molecule has 0 saturated heterocycles. The van der Waals surface area contributed by atoms with Gasteiger partial charge in [0.2, 0.25) is 5.91 Å². The van der Waals surface area contributed by atoms with Crippen molar-refractivity contribution in [1.82, 2.24) is 10.3 Å². The summed E-state index contributed by atoms with van der Waals surface area (Å²) in [6.07, 6.45) is 3.44. The van der Waals surface area contributed by atoms with Crippen LogP contribution in [-0.4, -0.2) is 23.3 Å². The van der Waals surface area contributed by atoms with Crippen LogP contribution in [-0.2, 0) is 4.79 Å². The highest BCUT2D eigenvalue weighted by atomic mass is 32.1. The number of rotatable bonds is 5. The molecule has 2 amide bonds. The van der Waals surface area contributed by atoms with Gasteiger partial charge in [-0.2, -0.15) is 11.3 Å². The quantitative estimate of drug-likeness (QED) is 0.875. The van der Waals surface area contributed by atoms with Gasteiger partial charge in [0, 0.05) is 42.0 Å². The lowest BCUT2D eigenvalue weighted by Gasteiger charge is -2.05. The summed E-state index contributed by atoms with van der Waals surface area (Å²) in [7, 11) is 0. The Bertz CT molecular complexity index is 540. The monoisotopic (exact) mass is 275 g/mol. The van der Waals surface area contributed by atoms with E-state index in [0.29, 0.717) is 17.8 Å². The number of thiophene rings is 1. The van der Waals surface area contributed by atoms with E-state index in [2.05, 4.69) is 15.6 Å². The number of nitrogens with one attached hydrogen (secondary N) is 2.